The van der Waals surface area contributed by atoms with E-state index in [1.165, 1.54) is 250 Å². The fourth-order valence-corrected chi connectivity index (χ4v) is 14.0. The highest BCUT2D eigenvalue weighted by Crippen LogP contribution is 2.45. The molecule has 0 radical (unpaired) electrons. The second-order valence-electron chi connectivity index (χ2n) is 29.3. The number of hydrogen-bond donors (Lipinski definition) is 3. The molecule has 5 atom stereocenters. The monoisotopic (exact) mass is 1450 g/mol. The van der Waals surface area contributed by atoms with Crippen LogP contribution in [0.3, 0.4) is 0 Å². The van der Waals surface area contributed by atoms with E-state index in [1.54, 1.807) is 0 Å². The molecule has 588 valence electrons. The van der Waals surface area contributed by atoms with Crippen molar-refractivity contribution in [3.8, 4) is 0 Å². The number of aliphatic hydroxyl groups is 1. The van der Waals surface area contributed by atoms with Gasteiger partial charge in [-0.1, -0.05) is 375 Å². The van der Waals surface area contributed by atoms with Crippen molar-refractivity contribution in [1.82, 2.24) is 0 Å². The van der Waals surface area contributed by atoms with E-state index in [0.717, 1.165) is 95.8 Å². The second-order valence-corrected chi connectivity index (χ2v) is 32.2. The number of phosphoric ester groups is 2. The fraction of sp³-hybridized carbons (Fsp3) is 0.950. The lowest BCUT2D eigenvalue weighted by Crippen LogP contribution is -2.30. The molecule has 0 bridgehead atoms. The van der Waals surface area contributed by atoms with Gasteiger partial charge in [-0.2, -0.15) is 0 Å². The molecule has 0 aliphatic carbocycles. The third-order valence-electron chi connectivity index (χ3n) is 18.8. The van der Waals surface area contributed by atoms with E-state index in [4.69, 9.17) is 37.0 Å². The zero-order chi connectivity index (χ0) is 72.7. The topological polar surface area (TPSA) is 237 Å². The highest BCUT2D eigenvalue weighted by atomic mass is 31.2. The molecule has 0 aromatic heterocycles. The summed E-state index contributed by atoms with van der Waals surface area (Å²) in [7, 11) is -9.92. The van der Waals surface area contributed by atoms with Crippen molar-refractivity contribution in [1.29, 1.82) is 0 Å². The predicted molar refractivity (Wildman–Crippen MR) is 405 cm³/mol. The second kappa shape index (κ2) is 73.0. The maximum Gasteiger partial charge on any atom is 0.472 e. The molecule has 99 heavy (non-hydrogen) atoms. The average molecular weight is 1450 g/mol. The highest BCUT2D eigenvalue weighted by Gasteiger charge is 2.30. The lowest BCUT2D eigenvalue weighted by Gasteiger charge is -2.21. The van der Waals surface area contributed by atoms with Crippen LogP contribution in [-0.4, -0.2) is 96.7 Å². The lowest BCUT2D eigenvalue weighted by atomic mass is 10.0. The molecule has 0 aliphatic rings. The number of ether oxygens (including phenoxy) is 4. The zero-order valence-electron chi connectivity index (χ0n) is 64.6. The minimum Gasteiger partial charge on any atom is -0.462 e. The van der Waals surface area contributed by atoms with Crippen molar-refractivity contribution in [3.63, 3.8) is 0 Å². The molecule has 0 saturated carbocycles. The number of carbonyl (C=O) groups is 4. The third kappa shape index (κ3) is 74.1. The minimum atomic E-state index is -4.96. The molecule has 0 fully saturated rings. The Balaban J connectivity index is 5.23. The smallest absolute Gasteiger partial charge is 0.462 e. The lowest BCUT2D eigenvalue weighted by molar-refractivity contribution is -0.161. The van der Waals surface area contributed by atoms with Crippen molar-refractivity contribution in [2.24, 2.45) is 5.92 Å². The van der Waals surface area contributed by atoms with Crippen molar-refractivity contribution < 1.29 is 80.2 Å². The predicted octanol–water partition coefficient (Wildman–Crippen LogP) is 24.0. The molecule has 0 heterocycles. The number of esters is 4. The van der Waals surface area contributed by atoms with Crippen LogP contribution in [0.15, 0.2) is 0 Å². The van der Waals surface area contributed by atoms with Gasteiger partial charge in [-0.15, -0.1) is 0 Å². The normalized spacial score (nSPS) is 13.9. The molecule has 17 nitrogen and oxygen atoms in total. The molecule has 0 aromatic rings. The molecule has 0 rings (SSSR count). The first-order chi connectivity index (χ1) is 48.0. The van der Waals surface area contributed by atoms with Crippen LogP contribution in [0.25, 0.3) is 0 Å². The quantitative estimate of drug-likeness (QED) is 0.0222. The largest absolute Gasteiger partial charge is 0.472 e. The first kappa shape index (κ1) is 97.1. The Kier molecular flexibility index (Phi) is 71.6. The van der Waals surface area contributed by atoms with Crippen LogP contribution in [0.4, 0.5) is 0 Å². The number of aliphatic hydroxyl groups excluding tert-OH is 1. The van der Waals surface area contributed by atoms with Crippen LogP contribution >= 0.6 is 15.6 Å². The Hall–Kier alpha value is -1.94. The Bertz CT molecular complexity index is 1890. The van der Waals surface area contributed by atoms with E-state index in [0.29, 0.717) is 25.7 Å². The van der Waals surface area contributed by atoms with E-state index in [9.17, 15) is 43.2 Å². The third-order valence-corrected chi connectivity index (χ3v) is 20.7. The molecule has 2 unspecified atom stereocenters. The van der Waals surface area contributed by atoms with Gasteiger partial charge in [-0.3, -0.25) is 37.3 Å². The number of rotatable bonds is 80. The maximum absolute atomic E-state index is 13.1. The number of phosphoric acid groups is 2. The van der Waals surface area contributed by atoms with Crippen LogP contribution in [-0.2, 0) is 65.4 Å². The molecular formula is C80H156O17P2. The van der Waals surface area contributed by atoms with E-state index in [-0.39, 0.29) is 25.7 Å². The summed E-state index contributed by atoms with van der Waals surface area (Å²) in [4.78, 5) is 73.0. The molecule has 0 amide bonds. The molecule has 0 aromatic carbocycles. The molecule has 0 aliphatic heterocycles. The SMILES string of the molecule is CCCCCCCCCCCCCCCCCCCCCCC(=O)O[C@H](COC(=O)CCCCCCCCCCCCCCCCC)COP(=O)(O)OC[C@@H](O)COP(=O)(O)OC[C@@H](COC(=O)CCCCCCCCCCCCCC)OC(=O)CCCCCCCCCCCC(C)C. The highest BCUT2D eigenvalue weighted by molar-refractivity contribution is 7.47. The van der Waals surface area contributed by atoms with E-state index in [2.05, 4.69) is 34.6 Å². The van der Waals surface area contributed by atoms with Gasteiger partial charge in [-0.25, -0.2) is 9.13 Å². The Morgan fingerprint density at radius 1 is 0.273 bits per heavy atom. The standard InChI is InChI=1S/C80H156O17P2/c1-6-9-12-15-18-21-24-27-29-30-31-32-33-35-37-40-45-50-55-60-65-79(84)96-75(69-91-78(83)64-59-54-49-44-39-36-34-28-25-22-19-16-13-10-7-2)71-94-98(86,87)92-67-74(81)68-93-99(88,89)95-72-76(97-80(85)66-61-56-51-46-41-42-47-52-57-62-73(4)5)70-90-77(82)63-58-53-48-43-38-26-23-20-17-14-11-8-3/h73-76,81H,6-72H2,1-5H3,(H,86,87)(H,88,89)/t74-,75-,76-/m1/s1. The van der Waals surface area contributed by atoms with E-state index in [1.807, 2.05) is 0 Å². The van der Waals surface area contributed by atoms with Gasteiger partial charge < -0.3 is 33.8 Å². The Morgan fingerprint density at radius 2 is 0.465 bits per heavy atom. The van der Waals surface area contributed by atoms with Crippen molar-refractivity contribution in [2.75, 3.05) is 39.6 Å². The van der Waals surface area contributed by atoms with Gasteiger partial charge in [0.05, 0.1) is 26.4 Å². The van der Waals surface area contributed by atoms with Crippen LogP contribution in [0.5, 0.6) is 0 Å². The Labute approximate surface area is 607 Å². The zero-order valence-corrected chi connectivity index (χ0v) is 66.4. The van der Waals surface area contributed by atoms with Crippen molar-refractivity contribution in [2.45, 2.75) is 445 Å². The number of unbranched alkanes of at least 4 members (excludes halogenated alkanes) is 52. The minimum absolute atomic E-state index is 0.106. The van der Waals surface area contributed by atoms with Gasteiger partial charge in [0, 0.05) is 25.7 Å². The van der Waals surface area contributed by atoms with Gasteiger partial charge in [0.25, 0.3) is 0 Å². The molecule has 3 N–H and O–H groups in total. The van der Waals surface area contributed by atoms with Crippen molar-refractivity contribution in [3.05, 3.63) is 0 Å². The van der Waals surface area contributed by atoms with Gasteiger partial charge in [-0.05, 0) is 31.6 Å². The molecule has 19 heteroatoms. The summed E-state index contributed by atoms with van der Waals surface area (Å²) in [6.07, 6.45) is 63.8. The van der Waals surface area contributed by atoms with E-state index < -0.39 is 97.5 Å². The average Bonchev–Trinajstić information content (AvgIpc) is 1.02. The van der Waals surface area contributed by atoms with Crippen LogP contribution in [0.2, 0.25) is 0 Å². The summed E-state index contributed by atoms with van der Waals surface area (Å²) in [6, 6.07) is 0. The van der Waals surface area contributed by atoms with Gasteiger partial charge in [0.1, 0.15) is 19.3 Å². The summed E-state index contributed by atoms with van der Waals surface area (Å²) >= 11 is 0. The molecule has 0 spiro atoms. The van der Waals surface area contributed by atoms with Crippen LogP contribution in [0, 0.1) is 5.92 Å². The molecular weight excluding hydrogens is 1290 g/mol. The summed E-state index contributed by atoms with van der Waals surface area (Å²) in [5.41, 5.74) is 0. The number of carbonyl (C=O) groups excluding carboxylic acids is 4. The summed E-state index contributed by atoms with van der Waals surface area (Å²) in [5, 5.41) is 10.6. The first-order valence-electron chi connectivity index (χ1n) is 41.6. The van der Waals surface area contributed by atoms with Gasteiger partial charge in [0.2, 0.25) is 0 Å². The van der Waals surface area contributed by atoms with Gasteiger partial charge >= 0.3 is 39.5 Å². The van der Waals surface area contributed by atoms with Crippen LogP contribution in [0.1, 0.15) is 426 Å². The summed E-state index contributed by atoms with van der Waals surface area (Å²) in [5.74, 6) is -1.37. The van der Waals surface area contributed by atoms with Gasteiger partial charge in [0.15, 0.2) is 12.2 Å². The Morgan fingerprint density at radius 3 is 0.687 bits per heavy atom. The fourth-order valence-electron chi connectivity index (χ4n) is 12.4. The van der Waals surface area contributed by atoms with Crippen LogP contribution < -0.4 is 0 Å². The number of hydrogen-bond acceptors (Lipinski definition) is 15. The van der Waals surface area contributed by atoms with E-state index >= 15 is 0 Å². The first-order valence-corrected chi connectivity index (χ1v) is 44.6. The summed E-state index contributed by atoms with van der Waals surface area (Å²) in [6.45, 7) is 7.30. The molecule has 0 saturated heterocycles. The summed E-state index contributed by atoms with van der Waals surface area (Å²) < 4.78 is 68.7. The van der Waals surface area contributed by atoms with Crippen molar-refractivity contribution >= 4 is 39.5 Å². The maximum atomic E-state index is 13.1.